The lowest BCUT2D eigenvalue weighted by Crippen LogP contribution is -2.48. The van der Waals surface area contributed by atoms with Gasteiger partial charge < -0.3 is 10.2 Å². The van der Waals surface area contributed by atoms with Crippen LogP contribution in [0.1, 0.15) is 27.5 Å². The lowest BCUT2D eigenvalue weighted by atomic mass is 10.0. The summed E-state index contributed by atoms with van der Waals surface area (Å²) in [5.74, 6) is -0.0178. The minimum Gasteiger partial charge on any atom is -0.329 e. The predicted molar refractivity (Wildman–Crippen MR) is 111 cm³/mol. The fraction of sp³-hybridized carbons (Fsp3) is 0.250. The summed E-state index contributed by atoms with van der Waals surface area (Å²) in [6, 6.07) is 11.5. The minimum absolute atomic E-state index is 0. The van der Waals surface area contributed by atoms with Crippen molar-refractivity contribution >= 4 is 29.9 Å². The Balaban J connectivity index is 0.00000225. The molecule has 0 aliphatic carbocycles. The quantitative estimate of drug-likeness (QED) is 0.707. The first-order valence-corrected chi connectivity index (χ1v) is 9.27. The van der Waals surface area contributed by atoms with Gasteiger partial charge in [-0.05, 0) is 23.3 Å². The molecule has 0 radical (unpaired) electrons. The van der Waals surface area contributed by atoms with Crippen molar-refractivity contribution in [1.82, 2.24) is 25.0 Å². The van der Waals surface area contributed by atoms with Gasteiger partial charge in [0.25, 0.3) is 5.91 Å². The number of pyridine rings is 1. The molecular formula is C20H21Cl2N5O. The molecule has 1 N–H and O–H groups in total. The van der Waals surface area contributed by atoms with E-state index < -0.39 is 0 Å². The van der Waals surface area contributed by atoms with Crippen molar-refractivity contribution in [3.05, 3.63) is 82.9 Å². The Labute approximate surface area is 174 Å². The molecule has 1 atom stereocenters. The van der Waals surface area contributed by atoms with Crippen molar-refractivity contribution in [3.63, 3.8) is 0 Å². The second kappa shape index (κ2) is 9.19. The SMILES string of the molecule is Cl.O=C(c1cnn(Cc2ccccc2Cl)c1)N1CCNCC1c1cccnc1. The highest BCUT2D eigenvalue weighted by molar-refractivity contribution is 6.31. The van der Waals surface area contributed by atoms with Gasteiger partial charge in [0.15, 0.2) is 0 Å². The molecule has 28 heavy (non-hydrogen) atoms. The summed E-state index contributed by atoms with van der Waals surface area (Å²) in [7, 11) is 0. The number of aromatic nitrogens is 3. The molecule has 1 amide bonds. The molecule has 0 saturated carbocycles. The van der Waals surface area contributed by atoms with Crippen molar-refractivity contribution in [2.45, 2.75) is 12.6 Å². The van der Waals surface area contributed by atoms with Crippen LogP contribution in [0.3, 0.4) is 0 Å². The number of hydrogen-bond donors (Lipinski definition) is 1. The summed E-state index contributed by atoms with van der Waals surface area (Å²) in [5.41, 5.74) is 2.58. The molecule has 0 bridgehead atoms. The van der Waals surface area contributed by atoms with Crippen LogP contribution in [-0.2, 0) is 6.54 Å². The van der Waals surface area contributed by atoms with Crippen molar-refractivity contribution < 1.29 is 4.79 Å². The number of rotatable bonds is 4. The largest absolute Gasteiger partial charge is 0.329 e. The van der Waals surface area contributed by atoms with Gasteiger partial charge in [-0.25, -0.2) is 0 Å². The smallest absolute Gasteiger partial charge is 0.257 e. The van der Waals surface area contributed by atoms with E-state index in [9.17, 15) is 4.79 Å². The van der Waals surface area contributed by atoms with E-state index in [1.807, 2.05) is 47.5 Å². The van der Waals surface area contributed by atoms with Crippen LogP contribution in [0.15, 0.2) is 61.2 Å². The molecule has 3 heterocycles. The highest BCUT2D eigenvalue weighted by atomic mass is 35.5. The fourth-order valence-corrected chi connectivity index (χ4v) is 3.54. The molecule has 1 aliphatic rings. The van der Waals surface area contributed by atoms with Crippen molar-refractivity contribution in [1.29, 1.82) is 0 Å². The van der Waals surface area contributed by atoms with Crippen LogP contribution in [0.2, 0.25) is 5.02 Å². The Kier molecular flexibility index (Phi) is 6.67. The maximum Gasteiger partial charge on any atom is 0.257 e. The van der Waals surface area contributed by atoms with Crippen molar-refractivity contribution in [3.8, 4) is 0 Å². The number of carbonyl (C=O) groups excluding carboxylic acids is 1. The van der Waals surface area contributed by atoms with Gasteiger partial charge in [-0.2, -0.15) is 5.10 Å². The summed E-state index contributed by atoms with van der Waals surface area (Å²) >= 11 is 6.22. The average molecular weight is 418 g/mol. The van der Waals surface area contributed by atoms with Crippen LogP contribution in [-0.4, -0.2) is 45.2 Å². The van der Waals surface area contributed by atoms with Gasteiger partial charge in [0.05, 0.1) is 24.3 Å². The van der Waals surface area contributed by atoms with Gasteiger partial charge in [-0.3, -0.25) is 14.5 Å². The number of halogens is 2. The summed E-state index contributed by atoms with van der Waals surface area (Å²) < 4.78 is 1.75. The third-order valence-electron chi connectivity index (χ3n) is 4.74. The first-order valence-electron chi connectivity index (χ1n) is 8.90. The molecule has 146 valence electrons. The molecule has 3 aromatic rings. The fourth-order valence-electron chi connectivity index (χ4n) is 3.35. The van der Waals surface area contributed by atoms with E-state index in [0.717, 1.165) is 17.7 Å². The lowest BCUT2D eigenvalue weighted by Gasteiger charge is -2.36. The summed E-state index contributed by atoms with van der Waals surface area (Å²) in [5, 5.41) is 8.40. The molecule has 1 saturated heterocycles. The standard InChI is InChI=1S/C20H20ClN5O.ClH/c21-18-6-2-1-4-16(18)13-25-14-17(11-24-25)20(27)26-9-8-23-12-19(26)15-5-3-7-22-10-15;/h1-7,10-11,14,19,23H,8-9,12-13H2;1H. The highest BCUT2D eigenvalue weighted by Crippen LogP contribution is 2.23. The molecular weight excluding hydrogens is 397 g/mol. The van der Waals surface area contributed by atoms with Crippen LogP contribution in [0, 0.1) is 0 Å². The van der Waals surface area contributed by atoms with Gasteiger partial charge in [0.2, 0.25) is 0 Å². The number of nitrogens with zero attached hydrogens (tertiary/aromatic N) is 4. The molecule has 0 spiro atoms. The molecule has 6 nitrogen and oxygen atoms in total. The van der Waals surface area contributed by atoms with Gasteiger partial charge in [0, 0.05) is 43.2 Å². The summed E-state index contributed by atoms with van der Waals surface area (Å²) in [6.45, 7) is 2.66. The number of benzene rings is 1. The second-order valence-corrected chi connectivity index (χ2v) is 6.93. The first-order chi connectivity index (χ1) is 13.2. The maximum absolute atomic E-state index is 13.1. The number of piperazine rings is 1. The highest BCUT2D eigenvalue weighted by Gasteiger charge is 2.29. The Morgan fingerprint density at radius 1 is 1.21 bits per heavy atom. The Hall–Kier alpha value is -2.41. The van der Waals surface area contributed by atoms with E-state index in [1.54, 1.807) is 23.3 Å². The molecule has 1 aromatic carbocycles. The van der Waals surface area contributed by atoms with E-state index in [0.29, 0.717) is 30.2 Å². The Morgan fingerprint density at radius 3 is 2.86 bits per heavy atom. The summed E-state index contributed by atoms with van der Waals surface area (Å²) in [4.78, 5) is 19.2. The Bertz CT molecular complexity index is 931. The molecule has 4 rings (SSSR count). The number of hydrogen-bond acceptors (Lipinski definition) is 4. The van der Waals surface area contributed by atoms with Crippen molar-refractivity contribution in [2.75, 3.05) is 19.6 Å². The zero-order chi connectivity index (χ0) is 18.6. The third-order valence-corrected chi connectivity index (χ3v) is 5.11. The molecule has 1 fully saturated rings. The van der Waals surface area contributed by atoms with Crippen LogP contribution in [0.25, 0.3) is 0 Å². The average Bonchev–Trinajstić information content (AvgIpc) is 3.18. The molecule has 1 unspecified atom stereocenters. The monoisotopic (exact) mass is 417 g/mol. The second-order valence-electron chi connectivity index (χ2n) is 6.52. The lowest BCUT2D eigenvalue weighted by molar-refractivity contribution is 0.0634. The van der Waals surface area contributed by atoms with Gasteiger partial charge in [-0.15, -0.1) is 12.4 Å². The van der Waals surface area contributed by atoms with Crippen LogP contribution in [0.5, 0.6) is 0 Å². The summed E-state index contributed by atoms with van der Waals surface area (Å²) in [6.07, 6.45) is 6.97. The third kappa shape index (κ3) is 4.35. The molecule has 2 aromatic heterocycles. The number of nitrogens with one attached hydrogen (secondary N) is 1. The topological polar surface area (TPSA) is 63.1 Å². The number of amides is 1. The van der Waals surface area contributed by atoms with E-state index in [-0.39, 0.29) is 24.4 Å². The van der Waals surface area contributed by atoms with Crippen LogP contribution in [0.4, 0.5) is 0 Å². The van der Waals surface area contributed by atoms with E-state index in [2.05, 4.69) is 15.4 Å². The molecule has 8 heteroatoms. The van der Waals surface area contributed by atoms with Crippen molar-refractivity contribution in [2.24, 2.45) is 0 Å². The Morgan fingerprint density at radius 2 is 2.07 bits per heavy atom. The van der Waals surface area contributed by atoms with Crippen LogP contribution < -0.4 is 5.32 Å². The van der Waals surface area contributed by atoms with Gasteiger partial charge in [-0.1, -0.05) is 35.9 Å². The van der Waals surface area contributed by atoms with E-state index >= 15 is 0 Å². The predicted octanol–water partition coefficient (Wildman–Crippen LogP) is 3.19. The molecule has 1 aliphatic heterocycles. The van der Waals surface area contributed by atoms with E-state index in [4.69, 9.17) is 11.6 Å². The van der Waals surface area contributed by atoms with E-state index in [1.165, 1.54) is 0 Å². The first kappa shape index (κ1) is 20.3. The minimum atomic E-state index is -0.0353. The van der Waals surface area contributed by atoms with Crippen LogP contribution >= 0.6 is 24.0 Å². The maximum atomic E-state index is 13.1. The zero-order valence-corrected chi connectivity index (χ0v) is 16.7. The number of carbonyl (C=O) groups is 1. The van der Waals surface area contributed by atoms with Gasteiger partial charge in [0.1, 0.15) is 0 Å². The zero-order valence-electron chi connectivity index (χ0n) is 15.2. The van der Waals surface area contributed by atoms with Gasteiger partial charge >= 0.3 is 0 Å². The normalized spacial score (nSPS) is 16.5.